The summed E-state index contributed by atoms with van der Waals surface area (Å²) in [5.74, 6) is 0.257. The van der Waals surface area contributed by atoms with Gasteiger partial charge in [0.25, 0.3) is 5.91 Å². The fourth-order valence-electron chi connectivity index (χ4n) is 2.77. The molecule has 3 rings (SSSR count). The van der Waals surface area contributed by atoms with Crippen molar-refractivity contribution in [2.45, 2.75) is 13.8 Å². The lowest BCUT2D eigenvalue weighted by Crippen LogP contribution is -2.31. The summed E-state index contributed by atoms with van der Waals surface area (Å²) in [6.45, 7) is 3.13. The average molecular weight is 351 g/mol. The first kappa shape index (κ1) is 17.7. The molecule has 1 aromatic heterocycles. The molecule has 0 bridgehead atoms. The van der Waals surface area contributed by atoms with Crippen molar-refractivity contribution in [2.24, 2.45) is 5.10 Å². The van der Waals surface area contributed by atoms with E-state index < -0.39 is 12.6 Å². The molecule has 6 heteroatoms. The fourth-order valence-corrected chi connectivity index (χ4v) is 2.77. The van der Waals surface area contributed by atoms with Crippen LogP contribution in [0.2, 0.25) is 0 Å². The summed E-state index contributed by atoms with van der Waals surface area (Å²) in [5.41, 5.74) is 3.74. The number of fused-ring (bicyclic) bond motifs is 1. The van der Waals surface area contributed by atoms with E-state index in [0.717, 1.165) is 32.6 Å². The lowest BCUT2D eigenvalue weighted by molar-refractivity contribution is -0.137. The molecule has 6 nitrogen and oxygen atoms in total. The Morgan fingerprint density at radius 2 is 1.92 bits per heavy atom. The third kappa shape index (κ3) is 3.75. The number of aromatic amines is 1. The van der Waals surface area contributed by atoms with Gasteiger partial charge in [-0.2, -0.15) is 5.10 Å². The molecule has 2 aromatic carbocycles. The highest BCUT2D eigenvalue weighted by Crippen LogP contribution is 2.22. The highest BCUT2D eigenvalue weighted by Gasteiger charge is 2.14. The van der Waals surface area contributed by atoms with E-state index in [-0.39, 0.29) is 6.61 Å². The Bertz CT molecular complexity index is 926. The van der Waals surface area contributed by atoms with Gasteiger partial charge in [0, 0.05) is 22.7 Å². The lowest BCUT2D eigenvalue weighted by atomic mass is 10.1. The summed E-state index contributed by atoms with van der Waals surface area (Å²) in [6, 6.07) is 13.5. The molecule has 0 saturated carbocycles. The van der Waals surface area contributed by atoms with Crippen LogP contribution in [0.4, 0.5) is 0 Å². The molecule has 26 heavy (non-hydrogen) atoms. The third-order valence-electron chi connectivity index (χ3n) is 4.14. The van der Waals surface area contributed by atoms with Crippen LogP contribution in [0, 0.1) is 13.8 Å². The zero-order chi connectivity index (χ0) is 18.5. The van der Waals surface area contributed by atoms with Crippen molar-refractivity contribution in [1.82, 2.24) is 9.99 Å². The first-order valence-corrected chi connectivity index (χ1v) is 8.30. The number of aliphatic hydroxyl groups is 1. The monoisotopic (exact) mass is 351 g/mol. The normalized spacial score (nSPS) is 11.2. The zero-order valence-corrected chi connectivity index (χ0v) is 14.8. The molecule has 0 aliphatic heterocycles. The van der Waals surface area contributed by atoms with Crippen molar-refractivity contribution in [3.8, 4) is 5.75 Å². The van der Waals surface area contributed by atoms with Gasteiger partial charge in [0.05, 0.1) is 6.21 Å². The minimum absolute atomic E-state index is 0.196. The van der Waals surface area contributed by atoms with E-state index in [4.69, 9.17) is 4.74 Å². The summed E-state index contributed by atoms with van der Waals surface area (Å²) in [4.78, 5) is 15.4. The number of benzene rings is 2. The second-order valence-corrected chi connectivity index (χ2v) is 5.98. The van der Waals surface area contributed by atoms with Crippen LogP contribution in [0.15, 0.2) is 53.8 Å². The maximum absolute atomic E-state index is 12.3. The number of nitrogens with zero attached hydrogens (tertiary/aromatic N) is 2. The van der Waals surface area contributed by atoms with Crippen molar-refractivity contribution < 1.29 is 14.6 Å². The van der Waals surface area contributed by atoms with Crippen LogP contribution < -0.4 is 4.74 Å². The Labute approximate surface area is 151 Å². The topological polar surface area (TPSA) is 77.9 Å². The molecule has 1 amide bonds. The number of hydrogen-bond acceptors (Lipinski definition) is 4. The number of H-pyrrole nitrogens is 1. The van der Waals surface area contributed by atoms with Gasteiger partial charge in [-0.3, -0.25) is 4.79 Å². The van der Waals surface area contributed by atoms with E-state index >= 15 is 0 Å². The second kappa shape index (κ2) is 7.84. The van der Waals surface area contributed by atoms with E-state index in [1.165, 1.54) is 0 Å². The Balaban J connectivity index is 1.70. The molecule has 3 aromatic rings. The summed E-state index contributed by atoms with van der Waals surface area (Å²) < 4.78 is 5.64. The van der Waals surface area contributed by atoms with Gasteiger partial charge in [-0.25, -0.2) is 5.01 Å². The molecule has 0 saturated heterocycles. The number of amides is 1. The number of ether oxygens (including phenoxy) is 1. The summed E-state index contributed by atoms with van der Waals surface area (Å²) in [6.07, 6.45) is 3.40. The Morgan fingerprint density at radius 1 is 1.19 bits per heavy atom. The first-order valence-electron chi connectivity index (χ1n) is 8.30. The maximum Gasteiger partial charge on any atom is 0.282 e. The largest absolute Gasteiger partial charge is 0.483 e. The van der Waals surface area contributed by atoms with Crippen LogP contribution in [0.3, 0.4) is 0 Å². The van der Waals surface area contributed by atoms with Crippen molar-refractivity contribution in [3.63, 3.8) is 0 Å². The number of carbonyl (C=O) groups excluding carboxylic acids is 1. The van der Waals surface area contributed by atoms with Gasteiger partial charge in [0.15, 0.2) is 6.61 Å². The van der Waals surface area contributed by atoms with Gasteiger partial charge in [-0.1, -0.05) is 30.3 Å². The lowest BCUT2D eigenvalue weighted by Gasteiger charge is -2.16. The Hall–Kier alpha value is -3.12. The number of aromatic nitrogens is 1. The summed E-state index contributed by atoms with van der Waals surface area (Å²) >= 11 is 0. The number of para-hydroxylation sites is 1. The van der Waals surface area contributed by atoms with Crippen LogP contribution in [0.1, 0.15) is 16.7 Å². The Kier molecular flexibility index (Phi) is 5.34. The molecule has 0 unspecified atom stereocenters. The first-order chi connectivity index (χ1) is 12.6. The number of hydrazone groups is 1. The second-order valence-electron chi connectivity index (χ2n) is 5.98. The molecule has 0 spiro atoms. The van der Waals surface area contributed by atoms with Gasteiger partial charge in [0.1, 0.15) is 12.5 Å². The fraction of sp³-hybridized carbons (Fsp3) is 0.200. The molecule has 0 radical (unpaired) electrons. The molecule has 0 atom stereocenters. The Morgan fingerprint density at radius 3 is 2.65 bits per heavy atom. The SMILES string of the molecule is Cc1cccc(C)c1OCC(=O)N(CO)N=Cc1cccc2[nH]ccc12. The predicted octanol–water partition coefficient (Wildman–Crippen LogP) is 2.98. The summed E-state index contributed by atoms with van der Waals surface area (Å²) in [7, 11) is 0. The number of carbonyl (C=O) groups is 1. The highest BCUT2D eigenvalue weighted by atomic mass is 16.5. The standard InChI is InChI=1S/C20H21N3O3/c1-14-5-3-6-15(2)20(14)26-12-19(25)23(13-24)22-11-16-7-4-8-18-17(16)9-10-21-18/h3-11,21,24H,12-13H2,1-2H3. The van der Waals surface area contributed by atoms with Crippen molar-refractivity contribution >= 4 is 23.0 Å². The molecule has 0 aliphatic rings. The third-order valence-corrected chi connectivity index (χ3v) is 4.14. The summed E-state index contributed by atoms with van der Waals surface area (Å²) in [5, 5.41) is 15.6. The smallest absolute Gasteiger partial charge is 0.282 e. The van der Waals surface area contributed by atoms with Crippen LogP contribution in [-0.2, 0) is 4.79 Å². The maximum atomic E-state index is 12.3. The minimum Gasteiger partial charge on any atom is -0.483 e. The molecule has 1 heterocycles. The van der Waals surface area contributed by atoms with Gasteiger partial charge < -0.3 is 14.8 Å². The molecule has 2 N–H and O–H groups in total. The van der Waals surface area contributed by atoms with Crippen LogP contribution in [0.5, 0.6) is 5.75 Å². The van der Waals surface area contributed by atoms with Crippen LogP contribution in [-0.4, -0.2) is 40.6 Å². The molecule has 134 valence electrons. The van der Waals surface area contributed by atoms with Gasteiger partial charge in [-0.15, -0.1) is 0 Å². The average Bonchev–Trinajstić information content (AvgIpc) is 3.11. The zero-order valence-electron chi connectivity index (χ0n) is 14.8. The predicted molar refractivity (Wildman–Crippen MR) is 101 cm³/mol. The molecular weight excluding hydrogens is 330 g/mol. The van der Waals surface area contributed by atoms with E-state index in [1.54, 1.807) is 6.21 Å². The van der Waals surface area contributed by atoms with Gasteiger partial charge in [-0.05, 0) is 37.1 Å². The molecular formula is C20H21N3O3. The quantitative estimate of drug-likeness (QED) is 0.407. The van der Waals surface area contributed by atoms with Crippen molar-refractivity contribution in [2.75, 3.05) is 13.3 Å². The number of nitrogens with one attached hydrogen (secondary N) is 1. The van der Waals surface area contributed by atoms with Crippen LogP contribution >= 0.6 is 0 Å². The van der Waals surface area contributed by atoms with Gasteiger partial charge in [0.2, 0.25) is 0 Å². The van der Waals surface area contributed by atoms with E-state index in [2.05, 4.69) is 10.1 Å². The van der Waals surface area contributed by atoms with Crippen molar-refractivity contribution in [3.05, 3.63) is 65.4 Å². The number of hydrogen-bond donors (Lipinski definition) is 2. The number of aliphatic hydroxyl groups excluding tert-OH is 1. The van der Waals surface area contributed by atoms with Crippen molar-refractivity contribution in [1.29, 1.82) is 0 Å². The van der Waals surface area contributed by atoms with Crippen LogP contribution in [0.25, 0.3) is 10.9 Å². The minimum atomic E-state index is -0.519. The molecule has 0 fully saturated rings. The van der Waals surface area contributed by atoms with E-state index in [1.807, 2.05) is 62.5 Å². The molecule has 0 aliphatic carbocycles. The van der Waals surface area contributed by atoms with Gasteiger partial charge >= 0.3 is 0 Å². The number of rotatable bonds is 6. The van der Waals surface area contributed by atoms with E-state index in [9.17, 15) is 9.90 Å². The highest BCUT2D eigenvalue weighted by molar-refractivity contribution is 5.98. The van der Waals surface area contributed by atoms with E-state index in [0.29, 0.717) is 5.75 Å². The number of aryl methyl sites for hydroxylation is 2.